The van der Waals surface area contributed by atoms with Gasteiger partial charge in [0, 0.05) is 29.8 Å². The molecule has 3 aliphatic heterocycles. The molecule has 3 aliphatic rings. The summed E-state index contributed by atoms with van der Waals surface area (Å²) >= 11 is 0. The molecule has 0 bridgehead atoms. The second kappa shape index (κ2) is 26.7. The molecule has 0 aliphatic carbocycles. The van der Waals surface area contributed by atoms with E-state index >= 15 is 0 Å². The van der Waals surface area contributed by atoms with Gasteiger partial charge in [-0.25, -0.2) is 9.59 Å². The van der Waals surface area contributed by atoms with E-state index in [-0.39, 0.29) is 62.5 Å². The molecule has 0 radical (unpaired) electrons. The van der Waals surface area contributed by atoms with Crippen LogP contribution in [0.5, 0.6) is 57.5 Å². The van der Waals surface area contributed by atoms with Crippen LogP contribution in [0.15, 0.2) is 82.0 Å². The van der Waals surface area contributed by atoms with Crippen molar-refractivity contribution in [3.63, 3.8) is 0 Å². The van der Waals surface area contributed by atoms with Crippen LogP contribution in [0, 0.1) is 0 Å². The van der Waals surface area contributed by atoms with Crippen LogP contribution in [-0.2, 0) is 42.7 Å². The Kier molecular flexibility index (Phi) is 19.7. The summed E-state index contributed by atoms with van der Waals surface area (Å²) in [5, 5.41) is 141. The number of fused-ring (bicyclic) bond motifs is 1. The van der Waals surface area contributed by atoms with Crippen LogP contribution < -0.4 is 29.1 Å². The van der Waals surface area contributed by atoms with Crippen LogP contribution in [-0.4, -0.2) is 219 Å². The van der Waals surface area contributed by atoms with E-state index in [0.717, 1.165) is 24.3 Å². The maximum atomic E-state index is 14.3. The topological polar surface area (TPSA) is 438 Å². The number of aliphatic hydroxyl groups is 8. The molecule has 1 aromatic heterocycles. The minimum atomic E-state index is -2.35. The van der Waals surface area contributed by atoms with E-state index < -0.39 is 158 Å². The minimum Gasteiger partial charge on any atom is -0.508 e. The molecule has 3 saturated heterocycles. The van der Waals surface area contributed by atoms with E-state index in [1.165, 1.54) is 89.1 Å². The summed E-state index contributed by atoms with van der Waals surface area (Å²) in [5.41, 5.74) is -0.925. The Hall–Kier alpha value is -8.01. The normalized spacial score (nSPS) is 28.0. The lowest BCUT2D eigenvalue weighted by Gasteiger charge is -2.48. The van der Waals surface area contributed by atoms with Gasteiger partial charge in [0.25, 0.3) is 0 Å². The van der Waals surface area contributed by atoms with E-state index in [1.807, 2.05) is 0 Å². The molecule has 4 heterocycles. The number of phenols is 5. The molecule has 84 heavy (non-hydrogen) atoms. The largest absolute Gasteiger partial charge is 0.508 e. The Morgan fingerprint density at radius 2 is 1.04 bits per heavy atom. The van der Waals surface area contributed by atoms with E-state index in [9.17, 15) is 80.8 Å². The van der Waals surface area contributed by atoms with Crippen LogP contribution in [0.4, 0.5) is 0 Å². The predicted molar refractivity (Wildman–Crippen MR) is 281 cm³/mol. The summed E-state index contributed by atoms with van der Waals surface area (Å²) in [6, 6.07) is 12.2. The Morgan fingerprint density at radius 3 is 1.57 bits per heavy atom. The first-order chi connectivity index (χ1) is 40.1. The van der Waals surface area contributed by atoms with Crippen molar-refractivity contribution in [3.8, 4) is 68.8 Å². The fourth-order valence-electron chi connectivity index (χ4n) is 9.25. The molecule has 29 heteroatoms. The molecule has 5 aromatic rings. The number of hydrogen-bond acceptors (Lipinski definition) is 29. The molecular weight excluding hydrogens is 1120 g/mol. The Morgan fingerprint density at radius 1 is 0.548 bits per heavy atom. The van der Waals surface area contributed by atoms with Crippen LogP contribution >= 0.6 is 0 Å². The van der Waals surface area contributed by atoms with Crippen molar-refractivity contribution in [2.24, 2.45) is 0 Å². The van der Waals surface area contributed by atoms with E-state index in [1.54, 1.807) is 0 Å². The second-order valence-corrected chi connectivity index (χ2v) is 19.0. The van der Waals surface area contributed by atoms with Crippen LogP contribution in [0.1, 0.15) is 11.1 Å². The van der Waals surface area contributed by atoms with Crippen molar-refractivity contribution in [3.05, 3.63) is 94.2 Å². The number of hydrogen-bond donors (Lipinski definition) is 13. The van der Waals surface area contributed by atoms with Crippen molar-refractivity contribution < 1.29 is 137 Å². The quantitative estimate of drug-likeness (QED) is 0.0341. The zero-order valence-electron chi connectivity index (χ0n) is 44.7. The predicted octanol–water partition coefficient (Wildman–Crippen LogP) is -0.622. The highest BCUT2D eigenvalue weighted by molar-refractivity contribution is 5.89. The number of aromatic hydroxyl groups is 5. The summed E-state index contributed by atoms with van der Waals surface area (Å²) in [4.78, 5) is 41.3. The average Bonchev–Trinajstić information content (AvgIpc) is 2.15. The van der Waals surface area contributed by atoms with Gasteiger partial charge in [-0.15, -0.1) is 0 Å². The highest BCUT2D eigenvalue weighted by Gasteiger charge is 2.55. The monoisotopic (exact) mass is 1180 g/mol. The molecule has 0 saturated carbocycles. The number of methoxy groups -OCH3 is 4. The number of aliphatic hydroxyl groups excluding tert-OH is 8. The first-order valence-corrected chi connectivity index (χ1v) is 25.3. The molecule has 0 unspecified atom stereocenters. The van der Waals surface area contributed by atoms with Gasteiger partial charge in [0.15, 0.2) is 53.5 Å². The van der Waals surface area contributed by atoms with Crippen molar-refractivity contribution in [2.75, 3.05) is 48.3 Å². The molecule has 3 fully saturated rings. The molecule has 0 spiro atoms. The fraction of sp³-hybridized carbons (Fsp3) is 0.400. The zero-order chi connectivity index (χ0) is 60.8. The lowest BCUT2D eigenvalue weighted by atomic mass is 9.96. The third-order valence-electron chi connectivity index (χ3n) is 13.6. The number of carbonyl (C=O) groups is 2. The van der Waals surface area contributed by atoms with Crippen molar-refractivity contribution in [2.45, 2.75) is 92.1 Å². The highest BCUT2D eigenvalue weighted by atomic mass is 16.8. The molecule has 454 valence electrons. The first kappa shape index (κ1) is 62.0. The lowest BCUT2D eigenvalue weighted by Crippen LogP contribution is -2.67. The maximum absolute atomic E-state index is 14.3. The third-order valence-corrected chi connectivity index (χ3v) is 13.6. The Bertz CT molecular complexity index is 3200. The maximum Gasteiger partial charge on any atom is 0.331 e. The summed E-state index contributed by atoms with van der Waals surface area (Å²) in [6.45, 7) is -2.92. The van der Waals surface area contributed by atoms with Gasteiger partial charge in [-0.1, -0.05) is 0 Å². The Balaban J connectivity index is 1.13. The number of carbonyl (C=O) groups excluding carboxylic acids is 2. The van der Waals surface area contributed by atoms with E-state index in [0.29, 0.717) is 0 Å². The van der Waals surface area contributed by atoms with Gasteiger partial charge in [0.2, 0.25) is 29.0 Å². The van der Waals surface area contributed by atoms with Gasteiger partial charge in [0.05, 0.1) is 41.7 Å². The Labute approximate surface area is 474 Å². The van der Waals surface area contributed by atoms with Gasteiger partial charge in [-0.05, 0) is 71.8 Å². The van der Waals surface area contributed by atoms with Gasteiger partial charge < -0.3 is 128 Å². The second-order valence-electron chi connectivity index (χ2n) is 19.0. The molecule has 15 atom stereocenters. The van der Waals surface area contributed by atoms with E-state index in [2.05, 4.69) is 0 Å². The summed E-state index contributed by atoms with van der Waals surface area (Å²) < 4.78 is 73.6. The summed E-state index contributed by atoms with van der Waals surface area (Å²) in [7, 11) is 5.08. The number of benzene rings is 4. The minimum absolute atomic E-state index is 0.0271. The molecular formula is C55H60O29. The van der Waals surface area contributed by atoms with Crippen LogP contribution in [0.25, 0.3) is 34.4 Å². The van der Waals surface area contributed by atoms with Crippen molar-refractivity contribution in [1.82, 2.24) is 0 Å². The molecule has 13 N–H and O–H groups in total. The van der Waals surface area contributed by atoms with Crippen LogP contribution in [0.3, 0.4) is 0 Å². The van der Waals surface area contributed by atoms with Crippen molar-refractivity contribution in [1.29, 1.82) is 0 Å². The van der Waals surface area contributed by atoms with Gasteiger partial charge in [-0.2, -0.15) is 0 Å². The SMILES string of the molecule is COc1cc(/C=C/C(=O)OC[C@H]2O[C@@H](O[C@H]3[C@H](Oc4c(-c5ccc(O)cc5)oc5cc(O)cc(O)c5c4=O)O[C@@H](CO)[C@H](O)[C@@H]3O)[C@H](O)[C@H](O)[C@@H]2O[C@@H]2O[C@H](CO)[C@@H](O)[C@H](O)[C@H]2OC(=O)/C=C/c2cc(OC)c(O)c(OC)c2)cc(OC)c1O. The average molecular weight is 1190 g/mol. The molecule has 0 amide bonds. The molecule has 8 rings (SSSR count). The smallest absolute Gasteiger partial charge is 0.331 e. The summed E-state index contributed by atoms with van der Waals surface area (Å²) in [5.74, 6) is -5.84. The van der Waals surface area contributed by atoms with Gasteiger partial charge in [0.1, 0.15) is 95.9 Å². The third kappa shape index (κ3) is 13.2. The number of ether oxygens (including phenoxy) is 12. The number of esters is 2. The molecule has 29 nitrogen and oxygen atoms in total. The number of phenolic OH excluding ortho intramolecular Hbond substituents is 5. The summed E-state index contributed by atoms with van der Waals surface area (Å²) in [6.07, 6.45) is -26.6. The highest BCUT2D eigenvalue weighted by Crippen LogP contribution is 2.41. The lowest BCUT2D eigenvalue weighted by molar-refractivity contribution is -0.379. The zero-order valence-corrected chi connectivity index (χ0v) is 44.7. The fourth-order valence-corrected chi connectivity index (χ4v) is 9.25. The van der Waals surface area contributed by atoms with Gasteiger partial charge in [-0.3, -0.25) is 4.79 Å². The van der Waals surface area contributed by atoms with Crippen LogP contribution in [0.2, 0.25) is 0 Å². The number of rotatable bonds is 20. The molecule has 4 aromatic carbocycles. The van der Waals surface area contributed by atoms with Crippen molar-refractivity contribution >= 4 is 35.1 Å². The van der Waals surface area contributed by atoms with Gasteiger partial charge >= 0.3 is 11.9 Å². The van der Waals surface area contributed by atoms with E-state index in [4.69, 9.17) is 61.3 Å². The first-order valence-electron chi connectivity index (χ1n) is 25.3. The standard InChI is InChI=1S/C55H60O29/c1-72-29-13-22(14-30(73-2)39(29)63)5-11-36(61)76-21-35-49(82-54-51(44(68)41(65)33(19-56)78-54)81-37(62)12-6-23-15-31(74-3)40(64)32(16-23)75-4)46(70)47(71)53(80-35)84-52-45(69)42(66)34(20-57)79-55(52)83-50-43(67)38-27(60)17-26(59)18-28(38)77-48(50)24-7-9-25(58)10-8-24/h5-18,33-35,41-42,44-47,49,51-60,63-66,68-71H,19-21H2,1-4H3/b11-5+,12-6+/t33-,34+,35-,41-,42+,44+,45+,46+,47-,49-,51-,52-,53+,54+,55+/m1/s1.